The Bertz CT molecular complexity index is 366. The Kier molecular flexibility index (Phi) is 10.4. The molecule has 1 atom stereocenters. The molecule has 0 aliphatic carbocycles. The number of amides is 1. The molecule has 1 aliphatic rings. The van der Waals surface area contributed by atoms with Crippen molar-refractivity contribution in [2.45, 2.75) is 25.9 Å². The van der Waals surface area contributed by atoms with Crippen molar-refractivity contribution < 1.29 is 9.53 Å². The molecular weight excluding hydrogens is 383 g/mol. The molecule has 1 saturated heterocycles. The third-order valence-electron chi connectivity index (χ3n) is 2.95. The van der Waals surface area contributed by atoms with Crippen molar-refractivity contribution in [3.8, 4) is 0 Å². The van der Waals surface area contributed by atoms with Gasteiger partial charge in [0.1, 0.15) is 6.54 Å². The Morgan fingerprint density at radius 2 is 2.14 bits per heavy atom. The topological polar surface area (TPSA) is 66.0 Å². The average Bonchev–Trinajstić information content (AvgIpc) is 2.90. The summed E-state index contributed by atoms with van der Waals surface area (Å²) < 4.78 is 5.55. The molecule has 6 nitrogen and oxygen atoms in total. The molecule has 1 aliphatic heterocycles. The SMILES string of the molecule is C=C(C)CNC(=NCC(=O)N(C)C)NCC1CCCO1.I. The summed E-state index contributed by atoms with van der Waals surface area (Å²) in [6.45, 7) is 8.08. The molecule has 0 radical (unpaired) electrons. The zero-order valence-corrected chi connectivity index (χ0v) is 15.5. The van der Waals surface area contributed by atoms with Gasteiger partial charge in [-0.2, -0.15) is 0 Å². The molecule has 7 heteroatoms. The van der Waals surface area contributed by atoms with Crippen LogP contribution in [-0.4, -0.2) is 63.2 Å². The fraction of sp³-hybridized carbons (Fsp3) is 0.714. The van der Waals surface area contributed by atoms with Gasteiger partial charge in [0.15, 0.2) is 5.96 Å². The van der Waals surface area contributed by atoms with Crippen LogP contribution in [0.5, 0.6) is 0 Å². The maximum Gasteiger partial charge on any atom is 0.243 e. The number of likely N-dealkylation sites (N-methyl/N-ethyl adjacent to an activating group) is 1. The summed E-state index contributed by atoms with van der Waals surface area (Å²) in [6.07, 6.45) is 2.41. The Morgan fingerprint density at radius 3 is 2.67 bits per heavy atom. The highest BCUT2D eigenvalue weighted by molar-refractivity contribution is 14.0. The molecule has 1 amide bonds. The van der Waals surface area contributed by atoms with E-state index in [9.17, 15) is 4.79 Å². The number of hydrogen-bond acceptors (Lipinski definition) is 3. The standard InChI is InChI=1S/C14H26N4O2.HI/c1-11(2)8-15-14(17-10-13(19)18(3)4)16-9-12-6-5-7-20-12;/h12H,1,5-10H2,2-4H3,(H2,15,16,17);1H. The van der Waals surface area contributed by atoms with E-state index in [4.69, 9.17) is 4.74 Å². The summed E-state index contributed by atoms with van der Waals surface area (Å²) in [7, 11) is 3.44. The molecule has 0 aromatic rings. The average molecular weight is 410 g/mol. The van der Waals surface area contributed by atoms with E-state index in [0.29, 0.717) is 19.0 Å². The van der Waals surface area contributed by atoms with Gasteiger partial charge in [-0.1, -0.05) is 12.2 Å². The highest BCUT2D eigenvalue weighted by Gasteiger charge is 2.15. The highest BCUT2D eigenvalue weighted by Crippen LogP contribution is 2.10. The summed E-state index contributed by atoms with van der Waals surface area (Å²) in [4.78, 5) is 17.4. The fourth-order valence-electron chi connectivity index (χ4n) is 1.71. The number of carbonyl (C=O) groups excluding carboxylic acids is 1. The molecule has 122 valence electrons. The predicted octanol–water partition coefficient (Wildman–Crippen LogP) is 0.983. The molecule has 0 bridgehead atoms. The monoisotopic (exact) mass is 410 g/mol. The molecule has 2 N–H and O–H groups in total. The summed E-state index contributed by atoms with van der Waals surface area (Å²) >= 11 is 0. The highest BCUT2D eigenvalue weighted by atomic mass is 127. The van der Waals surface area contributed by atoms with E-state index in [1.807, 2.05) is 6.92 Å². The zero-order chi connectivity index (χ0) is 15.0. The van der Waals surface area contributed by atoms with E-state index in [-0.39, 0.29) is 42.5 Å². The molecule has 1 heterocycles. The minimum absolute atomic E-state index is 0. The van der Waals surface area contributed by atoms with E-state index in [2.05, 4.69) is 22.2 Å². The first-order chi connectivity index (χ1) is 9.49. The van der Waals surface area contributed by atoms with Crippen molar-refractivity contribution >= 4 is 35.8 Å². The Hall–Kier alpha value is -0.830. The van der Waals surface area contributed by atoms with Crippen LogP contribution >= 0.6 is 24.0 Å². The Labute approximate surface area is 144 Å². The molecule has 21 heavy (non-hydrogen) atoms. The van der Waals surface area contributed by atoms with Crippen molar-refractivity contribution in [3.05, 3.63) is 12.2 Å². The van der Waals surface area contributed by atoms with Gasteiger partial charge in [0, 0.05) is 33.8 Å². The predicted molar refractivity (Wildman–Crippen MR) is 96.2 cm³/mol. The van der Waals surface area contributed by atoms with Gasteiger partial charge >= 0.3 is 0 Å². The molecule has 0 saturated carbocycles. The van der Waals surface area contributed by atoms with Gasteiger partial charge in [-0.05, 0) is 19.8 Å². The van der Waals surface area contributed by atoms with Crippen LogP contribution < -0.4 is 10.6 Å². The smallest absolute Gasteiger partial charge is 0.243 e. The van der Waals surface area contributed by atoms with Crippen LogP contribution in [-0.2, 0) is 9.53 Å². The van der Waals surface area contributed by atoms with Crippen LogP contribution in [0.3, 0.4) is 0 Å². The molecule has 1 rings (SSSR count). The van der Waals surface area contributed by atoms with Gasteiger partial charge in [-0.15, -0.1) is 24.0 Å². The number of halogens is 1. The van der Waals surface area contributed by atoms with Gasteiger partial charge in [0.2, 0.25) is 5.91 Å². The molecular formula is C14H27IN4O2. The van der Waals surface area contributed by atoms with Crippen LogP contribution in [0.2, 0.25) is 0 Å². The first kappa shape index (κ1) is 20.2. The molecule has 1 unspecified atom stereocenters. The van der Waals surface area contributed by atoms with Crippen molar-refractivity contribution in [3.63, 3.8) is 0 Å². The first-order valence-corrected chi connectivity index (χ1v) is 6.97. The number of guanidine groups is 1. The minimum atomic E-state index is -0.0291. The largest absolute Gasteiger partial charge is 0.376 e. The van der Waals surface area contributed by atoms with E-state index in [1.54, 1.807) is 14.1 Å². The van der Waals surface area contributed by atoms with Gasteiger partial charge < -0.3 is 20.3 Å². The van der Waals surface area contributed by atoms with E-state index in [0.717, 1.165) is 25.0 Å². The van der Waals surface area contributed by atoms with Crippen LogP contribution in [0.25, 0.3) is 0 Å². The van der Waals surface area contributed by atoms with E-state index in [1.165, 1.54) is 4.90 Å². The number of ether oxygens (including phenoxy) is 1. The number of nitrogens with one attached hydrogen (secondary N) is 2. The third kappa shape index (κ3) is 8.92. The van der Waals surface area contributed by atoms with Gasteiger partial charge in [0.05, 0.1) is 6.10 Å². The van der Waals surface area contributed by atoms with Crippen LogP contribution in [0, 0.1) is 0 Å². The van der Waals surface area contributed by atoms with Crippen LogP contribution in [0.1, 0.15) is 19.8 Å². The number of rotatable bonds is 6. The number of aliphatic imine (C=N–C) groups is 1. The summed E-state index contributed by atoms with van der Waals surface area (Å²) in [5, 5.41) is 6.36. The van der Waals surface area contributed by atoms with Crippen molar-refractivity contribution in [2.75, 3.05) is 40.3 Å². The van der Waals surface area contributed by atoms with Crippen molar-refractivity contribution in [2.24, 2.45) is 4.99 Å². The van der Waals surface area contributed by atoms with E-state index >= 15 is 0 Å². The van der Waals surface area contributed by atoms with Crippen molar-refractivity contribution in [1.82, 2.24) is 15.5 Å². The van der Waals surface area contributed by atoms with E-state index < -0.39 is 0 Å². The second kappa shape index (κ2) is 10.8. The number of carbonyl (C=O) groups is 1. The molecule has 1 fully saturated rings. The molecule has 0 aromatic heterocycles. The molecule has 0 aromatic carbocycles. The lowest BCUT2D eigenvalue weighted by atomic mass is 10.2. The lowest BCUT2D eigenvalue weighted by Crippen LogP contribution is -2.42. The number of hydrogen-bond donors (Lipinski definition) is 2. The lowest BCUT2D eigenvalue weighted by Gasteiger charge is -2.16. The van der Waals surface area contributed by atoms with Gasteiger partial charge in [-0.25, -0.2) is 4.99 Å². The van der Waals surface area contributed by atoms with Crippen LogP contribution in [0.15, 0.2) is 17.1 Å². The number of nitrogens with zero attached hydrogens (tertiary/aromatic N) is 2. The van der Waals surface area contributed by atoms with Crippen LogP contribution in [0.4, 0.5) is 0 Å². The summed E-state index contributed by atoms with van der Waals surface area (Å²) in [5.74, 6) is 0.595. The second-order valence-electron chi connectivity index (χ2n) is 5.28. The Morgan fingerprint density at radius 1 is 1.43 bits per heavy atom. The quantitative estimate of drug-likeness (QED) is 0.297. The van der Waals surface area contributed by atoms with Crippen molar-refractivity contribution in [1.29, 1.82) is 0 Å². The fourth-order valence-corrected chi connectivity index (χ4v) is 1.71. The summed E-state index contributed by atoms with van der Waals surface area (Å²) in [5.41, 5.74) is 1.01. The lowest BCUT2D eigenvalue weighted by molar-refractivity contribution is -0.127. The maximum absolute atomic E-state index is 11.6. The third-order valence-corrected chi connectivity index (χ3v) is 2.95. The minimum Gasteiger partial charge on any atom is -0.376 e. The Balaban J connectivity index is 0.00000400. The maximum atomic E-state index is 11.6. The normalized spacial score (nSPS) is 17.9. The zero-order valence-electron chi connectivity index (χ0n) is 13.1. The second-order valence-corrected chi connectivity index (χ2v) is 5.28. The van der Waals surface area contributed by atoms with Gasteiger partial charge in [-0.3, -0.25) is 4.79 Å². The molecule has 0 spiro atoms. The van der Waals surface area contributed by atoms with Gasteiger partial charge in [0.25, 0.3) is 0 Å². The summed E-state index contributed by atoms with van der Waals surface area (Å²) in [6, 6.07) is 0. The first-order valence-electron chi connectivity index (χ1n) is 6.97.